The summed E-state index contributed by atoms with van der Waals surface area (Å²) in [6.45, 7) is 3.50. The number of nitrogens with one attached hydrogen (secondary N) is 1. The molecule has 1 saturated heterocycles. The summed E-state index contributed by atoms with van der Waals surface area (Å²) >= 11 is 0. The second-order valence-corrected chi connectivity index (χ2v) is 5.95. The number of hydrogen-bond donors (Lipinski definition) is 1. The summed E-state index contributed by atoms with van der Waals surface area (Å²) in [5.41, 5.74) is 1.42. The van der Waals surface area contributed by atoms with E-state index >= 15 is 0 Å². The monoisotopic (exact) mass is 245 g/mol. The molecule has 2 aliphatic rings. The SMILES string of the molecule is CC1CCC(Cc2ccc(OC3CC3)cc2)NC1. The van der Waals surface area contributed by atoms with Crippen LogP contribution in [0.15, 0.2) is 24.3 Å². The molecule has 2 unspecified atom stereocenters. The largest absolute Gasteiger partial charge is 0.490 e. The van der Waals surface area contributed by atoms with Crippen LogP contribution < -0.4 is 10.1 Å². The molecule has 0 radical (unpaired) electrons. The van der Waals surface area contributed by atoms with Crippen LogP contribution >= 0.6 is 0 Å². The Morgan fingerprint density at radius 3 is 2.50 bits per heavy atom. The van der Waals surface area contributed by atoms with Gasteiger partial charge in [0.25, 0.3) is 0 Å². The van der Waals surface area contributed by atoms with Gasteiger partial charge in [-0.15, -0.1) is 0 Å². The zero-order chi connectivity index (χ0) is 12.4. The van der Waals surface area contributed by atoms with Crippen LogP contribution in [0.5, 0.6) is 5.75 Å². The molecule has 2 nitrogen and oxygen atoms in total. The Hall–Kier alpha value is -1.02. The van der Waals surface area contributed by atoms with E-state index in [1.807, 2.05) is 0 Å². The number of rotatable bonds is 4. The molecule has 98 valence electrons. The smallest absolute Gasteiger partial charge is 0.119 e. The van der Waals surface area contributed by atoms with Gasteiger partial charge in [0.2, 0.25) is 0 Å². The summed E-state index contributed by atoms with van der Waals surface area (Å²) in [6.07, 6.45) is 6.77. The Balaban J connectivity index is 1.52. The minimum Gasteiger partial charge on any atom is -0.490 e. The maximum Gasteiger partial charge on any atom is 0.119 e. The van der Waals surface area contributed by atoms with Gasteiger partial charge in [0.15, 0.2) is 0 Å². The summed E-state index contributed by atoms with van der Waals surface area (Å²) in [5.74, 6) is 1.88. The molecule has 1 aliphatic heterocycles. The molecule has 1 heterocycles. The summed E-state index contributed by atoms with van der Waals surface area (Å²) in [5, 5.41) is 3.64. The standard InChI is InChI=1S/C16H23NO/c1-12-2-5-14(17-11-12)10-13-3-6-15(7-4-13)18-16-8-9-16/h3-4,6-7,12,14,16-17H,2,5,8-11H2,1H3. The van der Waals surface area contributed by atoms with E-state index in [-0.39, 0.29) is 0 Å². The van der Waals surface area contributed by atoms with Crippen LogP contribution in [0, 0.1) is 5.92 Å². The average molecular weight is 245 g/mol. The van der Waals surface area contributed by atoms with Crippen LogP contribution in [0.2, 0.25) is 0 Å². The van der Waals surface area contributed by atoms with Crippen molar-refractivity contribution in [2.45, 2.75) is 51.2 Å². The average Bonchev–Trinajstić information content (AvgIpc) is 3.19. The highest BCUT2D eigenvalue weighted by Gasteiger charge is 2.23. The topological polar surface area (TPSA) is 21.3 Å². The number of benzene rings is 1. The van der Waals surface area contributed by atoms with Gasteiger partial charge in [0.05, 0.1) is 6.10 Å². The molecule has 1 saturated carbocycles. The highest BCUT2D eigenvalue weighted by atomic mass is 16.5. The molecule has 0 bridgehead atoms. The zero-order valence-electron chi connectivity index (χ0n) is 11.2. The van der Waals surface area contributed by atoms with Crippen LogP contribution in [0.1, 0.15) is 38.2 Å². The summed E-state index contributed by atoms with van der Waals surface area (Å²) in [7, 11) is 0. The maximum atomic E-state index is 5.77. The summed E-state index contributed by atoms with van der Waals surface area (Å²) < 4.78 is 5.77. The van der Waals surface area contributed by atoms with Crippen molar-refractivity contribution in [2.24, 2.45) is 5.92 Å². The van der Waals surface area contributed by atoms with Gasteiger partial charge in [-0.05, 0) is 62.3 Å². The van der Waals surface area contributed by atoms with E-state index in [0.717, 1.165) is 18.1 Å². The van der Waals surface area contributed by atoms with E-state index < -0.39 is 0 Å². The number of ether oxygens (including phenoxy) is 1. The van der Waals surface area contributed by atoms with Gasteiger partial charge in [-0.3, -0.25) is 0 Å². The Kier molecular flexibility index (Phi) is 3.55. The van der Waals surface area contributed by atoms with Gasteiger partial charge in [-0.1, -0.05) is 19.1 Å². The minimum absolute atomic E-state index is 0.498. The van der Waals surface area contributed by atoms with Crippen LogP contribution in [0.25, 0.3) is 0 Å². The first kappa shape index (κ1) is 12.0. The fourth-order valence-corrected chi connectivity index (χ4v) is 2.60. The molecule has 1 aromatic rings. The van der Waals surface area contributed by atoms with E-state index in [2.05, 4.69) is 36.5 Å². The lowest BCUT2D eigenvalue weighted by molar-refractivity contribution is 0.303. The first-order valence-corrected chi connectivity index (χ1v) is 7.28. The van der Waals surface area contributed by atoms with Crippen molar-refractivity contribution in [1.82, 2.24) is 5.32 Å². The highest BCUT2D eigenvalue weighted by molar-refractivity contribution is 5.28. The quantitative estimate of drug-likeness (QED) is 0.880. The van der Waals surface area contributed by atoms with Gasteiger partial charge < -0.3 is 10.1 Å². The van der Waals surface area contributed by atoms with Crippen LogP contribution in [-0.4, -0.2) is 18.7 Å². The first-order chi connectivity index (χ1) is 8.79. The fraction of sp³-hybridized carbons (Fsp3) is 0.625. The Morgan fingerprint density at radius 2 is 1.89 bits per heavy atom. The predicted octanol–water partition coefficient (Wildman–Crippen LogP) is 3.16. The lowest BCUT2D eigenvalue weighted by atomic mass is 9.92. The van der Waals surface area contributed by atoms with Gasteiger partial charge >= 0.3 is 0 Å². The second kappa shape index (κ2) is 5.31. The van der Waals surface area contributed by atoms with Gasteiger partial charge in [-0.2, -0.15) is 0 Å². The van der Waals surface area contributed by atoms with E-state index in [4.69, 9.17) is 4.74 Å². The van der Waals surface area contributed by atoms with Crippen molar-refractivity contribution in [1.29, 1.82) is 0 Å². The van der Waals surface area contributed by atoms with Crippen molar-refractivity contribution < 1.29 is 4.74 Å². The molecule has 1 N–H and O–H groups in total. The summed E-state index contributed by atoms with van der Waals surface area (Å²) in [6, 6.07) is 9.35. The Bertz CT molecular complexity index is 375. The third kappa shape index (κ3) is 3.26. The molecule has 1 aliphatic carbocycles. The van der Waals surface area contributed by atoms with Crippen molar-refractivity contribution in [3.05, 3.63) is 29.8 Å². The lowest BCUT2D eigenvalue weighted by Gasteiger charge is -2.27. The molecule has 2 fully saturated rings. The molecule has 1 aromatic carbocycles. The molecule has 2 atom stereocenters. The van der Waals surface area contributed by atoms with Gasteiger partial charge in [0.1, 0.15) is 5.75 Å². The van der Waals surface area contributed by atoms with E-state index in [9.17, 15) is 0 Å². The van der Waals surface area contributed by atoms with Crippen molar-refractivity contribution in [3.8, 4) is 5.75 Å². The summed E-state index contributed by atoms with van der Waals surface area (Å²) in [4.78, 5) is 0. The molecule has 18 heavy (non-hydrogen) atoms. The number of hydrogen-bond acceptors (Lipinski definition) is 2. The normalized spacial score (nSPS) is 28.1. The van der Waals surface area contributed by atoms with Crippen LogP contribution in [-0.2, 0) is 6.42 Å². The lowest BCUT2D eigenvalue weighted by Crippen LogP contribution is -2.39. The van der Waals surface area contributed by atoms with Gasteiger partial charge in [-0.25, -0.2) is 0 Å². The Morgan fingerprint density at radius 1 is 1.11 bits per heavy atom. The molecule has 0 aromatic heterocycles. The van der Waals surface area contributed by atoms with Crippen molar-refractivity contribution in [2.75, 3.05) is 6.54 Å². The fourth-order valence-electron chi connectivity index (χ4n) is 2.60. The van der Waals surface area contributed by atoms with E-state index in [1.54, 1.807) is 0 Å². The predicted molar refractivity (Wildman–Crippen MR) is 74.0 cm³/mol. The molecule has 3 rings (SSSR count). The second-order valence-electron chi connectivity index (χ2n) is 5.95. The Labute approximate surface area is 110 Å². The van der Waals surface area contributed by atoms with Crippen molar-refractivity contribution in [3.63, 3.8) is 0 Å². The molecule has 0 spiro atoms. The molecular weight excluding hydrogens is 222 g/mol. The zero-order valence-corrected chi connectivity index (χ0v) is 11.2. The molecule has 2 heteroatoms. The number of piperidine rings is 1. The van der Waals surface area contributed by atoms with E-state index in [1.165, 1.54) is 37.8 Å². The third-order valence-electron chi connectivity index (χ3n) is 4.00. The molecule has 0 amide bonds. The highest BCUT2D eigenvalue weighted by Crippen LogP contribution is 2.27. The van der Waals surface area contributed by atoms with Crippen LogP contribution in [0.4, 0.5) is 0 Å². The van der Waals surface area contributed by atoms with Crippen LogP contribution in [0.3, 0.4) is 0 Å². The van der Waals surface area contributed by atoms with Crippen molar-refractivity contribution >= 4 is 0 Å². The first-order valence-electron chi connectivity index (χ1n) is 7.28. The third-order valence-corrected chi connectivity index (χ3v) is 4.00. The van der Waals surface area contributed by atoms with Gasteiger partial charge in [0, 0.05) is 6.04 Å². The molecular formula is C16H23NO. The maximum absolute atomic E-state index is 5.77. The minimum atomic E-state index is 0.498. The van der Waals surface area contributed by atoms with E-state index in [0.29, 0.717) is 12.1 Å².